The first kappa shape index (κ1) is 56.1. The number of ether oxygens (including phenoxy) is 2. The van der Waals surface area contributed by atoms with Crippen molar-refractivity contribution in [1.82, 2.24) is 0 Å². The number of aliphatic hydroxyl groups excluding tert-OH is 1. The summed E-state index contributed by atoms with van der Waals surface area (Å²) in [7, 11) is 1.38. The van der Waals surface area contributed by atoms with Crippen LogP contribution in [-0.2, 0) is 32.7 Å². The van der Waals surface area contributed by atoms with E-state index >= 15 is 0 Å². The van der Waals surface area contributed by atoms with Gasteiger partial charge in [0.2, 0.25) is 0 Å². The van der Waals surface area contributed by atoms with Gasteiger partial charge >= 0.3 is 19.8 Å². The van der Waals surface area contributed by atoms with E-state index in [4.69, 9.17) is 18.5 Å². The molecular weight excluding hydrogens is 765 g/mol. The maximum absolute atomic E-state index is 12.7. The Labute approximate surface area is 359 Å². The normalized spacial score (nSPS) is 14.9. The Kier molecular flexibility index (Phi) is 37.4. The lowest BCUT2D eigenvalue weighted by atomic mass is 10.1. The summed E-state index contributed by atoms with van der Waals surface area (Å²) in [5, 5.41) is 9.83. The van der Waals surface area contributed by atoms with Gasteiger partial charge in [-0.2, -0.15) is 0 Å². The predicted octanol–water partition coefficient (Wildman–Crippen LogP) is 11.8. The lowest BCUT2D eigenvalue weighted by molar-refractivity contribution is -0.870. The highest BCUT2D eigenvalue weighted by molar-refractivity contribution is 7.47. The number of esters is 2. The van der Waals surface area contributed by atoms with Gasteiger partial charge in [-0.1, -0.05) is 144 Å². The molecule has 0 aromatic heterocycles. The molecule has 1 unspecified atom stereocenters. The third kappa shape index (κ3) is 43.1. The summed E-state index contributed by atoms with van der Waals surface area (Å²) in [4.78, 5) is 35.3. The van der Waals surface area contributed by atoms with Gasteiger partial charge < -0.3 is 24.0 Å². The third-order valence-corrected chi connectivity index (χ3v) is 9.95. The van der Waals surface area contributed by atoms with Crippen LogP contribution in [0.15, 0.2) is 85.1 Å². The van der Waals surface area contributed by atoms with Crippen molar-refractivity contribution >= 4 is 19.8 Å². The number of likely N-dealkylation sites (N-methyl/N-ethyl adjacent to an activating group) is 1. The summed E-state index contributed by atoms with van der Waals surface area (Å²) < 4.78 is 34.1. The van der Waals surface area contributed by atoms with Crippen molar-refractivity contribution in [3.05, 3.63) is 85.1 Å². The number of unbranched alkanes of at least 4 members (excludes halogenated alkanes) is 9. The number of nitrogens with zero attached hydrogens (tertiary/aromatic N) is 1. The second-order valence-electron chi connectivity index (χ2n) is 15.9. The average Bonchev–Trinajstić information content (AvgIpc) is 3.18. The Morgan fingerprint density at radius 1 is 0.593 bits per heavy atom. The van der Waals surface area contributed by atoms with Crippen LogP contribution in [0.4, 0.5) is 0 Å². The predicted molar refractivity (Wildman–Crippen MR) is 244 cm³/mol. The number of allylic oxidation sites excluding steroid dienone is 13. The molecule has 0 aliphatic heterocycles. The van der Waals surface area contributed by atoms with Crippen molar-refractivity contribution in [2.24, 2.45) is 0 Å². The van der Waals surface area contributed by atoms with Crippen LogP contribution < -0.4 is 0 Å². The van der Waals surface area contributed by atoms with Gasteiger partial charge in [0.25, 0.3) is 0 Å². The highest BCUT2D eigenvalue weighted by Gasteiger charge is 2.27. The fourth-order valence-electron chi connectivity index (χ4n) is 5.39. The SMILES string of the molecule is CCCCCCCC/C=C\C/C=C\C/C=C\CCCC(=O)OC[C@H](COP(=O)(O)OCC[N+](C)(C)C)OC(=O)CCC/C=C\C/C=C\C/C=C\C/C=C\[C@H](O)CCCC. The molecule has 2 N–H and O–H groups in total. The smallest absolute Gasteiger partial charge is 0.462 e. The van der Waals surface area contributed by atoms with E-state index in [2.05, 4.69) is 74.6 Å². The van der Waals surface area contributed by atoms with Gasteiger partial charge in [0.05, 0.1) is 33.9 Å². The summed E-state index contributed by atoms with van der Waals surface area (Å²) >= 11 is 0. The zero-order valence-corrected chi connectivity index (χ0v) is 38.5. The second-order valence-corrected chi connectivity index (χ2v) is 17.3. The number of rotatable bonds is 39. The first-order chi connectivity index (χ1) is 28.4. The molecule has 0 aromatic rings. The molecule has 0 fully saturated rings. The molecule has 3 atom stereocenters. The molecule has 11 heteroatoms. The fraction of sp³-hybridized carbons (Fsp3) is 0.667. The Balaban J connectivity index is 4.58. The van der Waals surface area contributed by atoms with Crippen LogP contribution >= 0.6 is 7.82 Å². The van der Waals surface area contributed by atoms with Crippen molar-refractivity contribution in [1.29, 1.82) is 0 Å². The zero-order chi connectivity index (χ0) is 43.7. The highest BCUT2D eigenvalue weighted by Crippen LogP contribution is 2.43. The van der Waals surface area contributed by atoms with Crippen molar-refractivity contribution in [2.45, 2.75) is 161 Å². The molecule has 0 heterocycles. The molecule has 0 spiro atoms. The minimum absolute atomic E-state index is 0.00206. The van der Waals surface area contributed by atoms with Gasteiger partial charge in [0, 0.05) is 12.8 Å². The van der Waals surface area contributed by atoms with Crippen LogP contribution in [0.25, 0.3) is 0 Å². The van der Waals surface area contributed by atoms with E-state index in [0.29, 0.717) is 30.3 Å². The molecule has 0 aromatic carbocycles. The summed E-state index contributed by atoms with van der Waals surface area (Å²) in [6, 6.07) is 0. The Morgan fingerprint density at radius 3 is 1.61 bits per heavy atom. The van der Waals surface area contributed by atoms with Gasteiger partial charge in [-0.15, -0.1) is 0 Å². The van der Waals surface area contributed by atoms with Crippen LogP contribution in [0.1, 0.15) is 149 Å². The minimum Gasteiger partial charge on any atom is -0.462 e. The van der Waals surface area contributed by atoms with Crippen molar-refractivity contribution in [2.75, 3.05) is 47.5 Å². The Morgan fingerprint density at radius 2 is 1.07 bits per heavy atom. The maximum atomic E-state index is 12.7. The summed E-state index contributed by atoms with van der Waals surface area (Å²) in [6.07, 6.45) is 47.0. The van der Waals surface area contributed by atoms with Crippen molar-refractivity contribution in [3.63, 3.8) is 0 Å². The van der Waals surface area contributed by atoms with E-state index in [9.17, 15) is 24.2 Å². The van der Waals surface area contributed by atoms with Gasteiger partial charge in [0.15, 0.2) is 6.10 Å². The average molecular weight is 849 g/mol. The quantitative estimate of drug-likeness (QED) is 0.0204. The number of phosphoric ester groups is 1. The number of quaternary nitrogens is 1. The second kappa shape index (κ2) is 39.3. The maximum Gasteiger partial charge on any atom is 0.472 e. The number of carbonyl (C=O) groups is 2. The van der Waals surface area contributed by atoms with Gasteiger partial charge in [-0.05, 0) is 77.0 Å². The molecule has 10 nitrogen and oxygen atoms in total. The molecule has 0 saturated heterocycles. The van der Waals surface area contributed by atoms with E-state index in [1.165, 1.54) is 38.5 Å². The molecule has 59 heavy (non-hydrogen) atoms. The van der Waals surface area contributed by atoms with Crippen LogP contribution in [0.2, 0.25) is 0 Å². The topological polar surface area (TPSA) is 129 Å². The molecule has 0 saturated carbocycles. The molecular formula is C48H83NO9P+. The zero-order valence-electron chi connectivity index (χ0n) is 37.6. The van der Waals surface area contributed by atoms with E-state index in [1.54, 1.807) is 0 Å². The molecule has 338 valence electrons. The lowest BCUT2D eigenvalue weighted by Crippen LogP contribution is -2.37. The molecule has 0 aliphatic rings. The van der Waals surface area contributed by atoms with Crippen LogP contribution in [0.5, 0.6) is 0 Å². The fourth-order valence-corrected chi connectivity index (χ4v) is 6.13. The first-order valence-corrected chi connectivity index (χ1v) is 23.9. The van der Waals surface area contributed by atoms with E-state index in [0.717, 1.165) is 64.2 Å². The Hall–Kier alpha value is -2.85. The van der Waals surface area contributed by atoms with Crippen molar-refractivity contribution in [3.8, 4) is 0 Å². The number of phosphoric acid groups is 1. The number of aliphatic hydroxyl groups is 1. The Bertz CT molecular complexity index is 1300. The molecule has 0 amide bonds. The largest absolute Gasteiger partial charge is 0.472 e. The standard InChI is InChI=1S/C48H82NO9P/c1-6-8-10-11-12-13-14-15-16-17-18-19-23-26-29-32-35-39-47(51)55-43-46(44-57-59(53,54)56-42-41-49(3,4)5)58-48(52)40-36-33-30-27-24-21-20-22-25-28-31-34-38-45(50)37-9-7-2/h15-16,18-21,25-30,34,38,45-46,50H,6-14,17,22-24,31-33,35-37,39-44H2,1-5H3/p+1/b16-15-,19-18-,21-20-,28-25-,29-26-,30-27-,38-34-/t45-,46-/m1/s1. The number of carbonyl (C=O) groups excluding carboxylic acids is 2. The van der Waals surface area contributed by atoms with Crippen LogP contribution in [0, 0.1) is 0 Å². The van der Waals surface area contributed by atoms with Gasteiger partial charge in [-0.3, -0.25) is 18.6 Å². The lowest BCUT2D eigenvalue weighted by Gasteiger charge is -2.24. The van der Waals surface area contributed by atoms with Crippen LogP contribution in [-0.4, -0.2) is 86.1 Å². The summed E-state index contributed by atoms with van der Waals surface area (Å²) in [5.74, 6) is -0.957. The van der Waals surface area contributed by atoms with Gasteiger partial charge in [0.1, 0.15) is 19.8 Å². The van der Waals surface area contributed by atoms with Crippen LogP contribution in [0.3, 0.4) is 0 Å². The monoisotopic (exact) mass is 849 g/mol. The van der Waals surface area contributed by atoms with Crippen molar-refractivity contribution < 1.29 is 47.2 Å². The summed E-state index contributed by atoms with van der Waals surface area (Å²) in [5.41, 5.74) is 0. The molecule has 0 bridgehead atoms. The number of hydrogen-bond acceptors (Lipinski definition) is 8. The third-order valence-electron chi connectivity index (χ3n) is 8.97. The van der Waals surface area contributed by atoms with Gasteiger partial charge in [-0.25, -0.2) is 4.57 Å². The van der Waals surface area contributed by atoms with E-state index in [-0.39, 0.29) is 32.2 Å². The van der Waals surface area contributed by atoms with E-state index < -0.39 is 32.5 Å². The first-order valence-electron chi connectivity index (χ1n) is 22.4. The highest BCUT2D eigenvalue weighted by atomic mass is 31.2. The summed E-state index contributed by atoms with van der Waals surface area (Å²) in [6.45, 7) is 4.10. The minimum atomic E-state index is -4.42. The number of hydrogen-bond donors (Lipinski definition) is 2. The molecule has 0 rings (SSSR count). The molecule has 0 aliphatic carbocycles. The van der Waals surface area contributed by atoms with E-state index in [1.807, 2.05) is 45.4 Å². The molecule has 0 radical (unpaired) electrons.